The molecule has 0 aliphatic heterocycles. The molecule has 19 heavy (non-hydrogen) atoms. The Labute approximate surface area is 125 Å². The summed E-state index contributed by atoms with van der Waals surface area (Å²) < 4.78 is 0.992. The molecule has 1 amide bonds. The predicted molar refractivity (Wildman–Crippen MR) is 79.2 cm³/mol. The van der Waals surface area contributed by atoms with Crippen LogP contribution in [0.2, 0.25) is 5.15 Å². The van der Waals surface area contributed by atoms with Gasteiger partial charge in [0.2, 0.25) is 0 Å². The Balaban J connectivity index is 2.12. The van der Waals surface area contributed by atoms with Gasteiger partial charge in [0.1, 0.15) is 10.8 Å². The molecule has 2 aromatic rings. The van der Waals surface area contributed by atoms with Gasteiger partial charge >= 0.3 is 0 Å². The lowest BCUT2D eigenvalue weighted by Crippen LogP contribution is -2.27. The first-order valence-electron chi connectivity index (χ1n) is 5.69. The summed E-state index contributed by atoms with van der Waals surface area (Å²) in [7, 11) is 1.74. The molecule has 0 aliphatic carbocycles. The molecule has 3 nitrogen and oxygen atoms in total. The summed E-state index contributed by atoms with van der Waals surface area (Å²) >= 11 is 9.20. The van der Waals surface area contributed by atoms with Gasteiger partial charge in [-0.05, 0) is 29.8 Å². The molecular weight excluding hydrogens is 328 g/mol. The van der Waals surface area contributed by atoms with Crippen LogP contribution < -0.4 is 0 Å². The second-order valence-corrected chi connectivity index (χ2v) is 5.44. The van der Waals surface area contributed by atoms with Crippen LogP contribution in [0, 0.1) is 0 Å². The van der Waals surface area contributed by atoms with Crippen molar-refractivity contribution >= 4 is 33.4 Å². The minimum absolute atomic E-state index is 0.150. The van der Waals surface area contributed by atoms with E-state index in [0.29, 0.717) is 17.4 Å². The number of hydrogen-bond acceptors (Lipinski definition) is 2. The van der Waals surface area contributed by atoms with Crippen LogP contribution in [-0.2, 0) is 6.54 Å². The van der Waals surface area contributed by atoms with Crippen molar-refractivity contribution in [2.45, 2.75) is 6.54 Å². The van der Waals surface area contributed by atoms with Crippen LogP contribution in [-0.4, -0.2) is 22.8 Å². The maximum Gasteiger partial charge on any atom is 0.272 e. The van der Waals surface area contributed by atoms with E-state index in [0.717, 1.165) is 10.0 Å². The van der Waals surface area contributed by atoms with E-state index in [1.165, 1.54) is 0 Å². The third-order valence-corrected chi connectivity index (χ3v) is 3.29. The highest BCUT2D eigenvalue weighted by Gasteiger charge is 2.13. The largest absolute Gasteiger partial charge is 0.336 e. The normalized spacial score (nSPS) is 10.3. The van der Waals surface area contributed by atoms with Gasteiger partial charge in [0.15, 0.2) is 0 Å². The van der Waals surface area contributed by atoms with Crippen LogP contribution in [0.3, 0.4) is 0 Å². The monoisotopic (exact) mass is 338 g/mol. The summed E-state index contributed by atoms with van der Waals surface area (Å²) in [5.74, 6) is -0.150. The number of rotatable bonds is 3. The maximum absolute atomic E-state index is 12.2. The summed E-state index contributed by atoms with van der Waals surface area (Å²) in [6.07, 6.45) is 0. The van der Waals surface area contributed by atoms with Crippen molar-refractivity contribution in [2.24, 2.45) is 0 Å². The van der Waals surface area contributed by atoms with E-state index in [4.69, 9.17) is 11.6 Å². The first kappa shape index (κ1) is 14.0. The quantitative estimate of drug-likeness (QED) is 0.798. The van der Waals surface area contributed by atoms with E-state index in [2.05, 4.69) is 20.9 Å². The first-order chi connectivity index (χ1) is 9.06. The van der Waals surface area contributed by atoms with Crippen LogP contribution in [0.1, 0.15) is 16.1 Å². The average Bonchev–Trinajstić information content (AvgIpc) is 2.38. The van der Waals surface area contributed by atoms with Gasteiger partial charge in [0.25, 0.3) is 5.91 Å². The van der Waals surface area contributed by atoms with Crippen molar-refractivity contribution in [3.63, 3.8) is 0 Å². The summed E-state index contributed by atoms with van der Waals surface area (Å²) in [5.41, 5.74) is 1.40. The lowest BCUT2D eigenvalue weighted by atomic mass is 10.2. The van der Waals surface area contributed by atoms with E-state index >= 15 is 0 Å². The minimum atomic E-state index is -0.150. The molecule has 0 fully saturated rings. The molecular formula is C14H12BrClN2O. The highest BCUT2D eigenvalue weighted by atomic mass is 79.9. The van der Waals surface area contributed by atoms with Gasteiger partial charge in [-0.25, -0.2) is 4.98 Å². The average molecular weight is 340 g/mol. The molecule has 2 rings (SSSR count). The second kappa shape index (κ2) is 6.17. The molecule has 0 radical (unpaired) electrons. The molecule has 1 aromatic carbocycles. The standard InChI is InChI=1S/C14H12BrClN2O/c1-18(9-10-4-2-5-11(15)8-10)14(19)12-6-3-7-13(16)17-12/h2-8H,9H2,1H3. The first-order valence-corrected chi connectivity index (χ1v) is 6.86. The molecule has 0 atom stereocenters. The maximum atomic E-state index is 12.2. The van der Waals surface area contributed by atoms with Crippen molar-refractivity contribution in [1.82, 2.24) is 9.88 Å². The van der Waals surface area contributed by atoms with E-state index in [1.54, 1.807) is 30.1 Å². The van der Waals surface area contributed by atoms with Crippen LogP contribution in [0.5, 0.6) is 0 Å². The van der Waals surface area contributed by atoms with Crippen molar-refractivity contribution in [3.8, 4) is 0 Å². The van der Waals surface area contributed by atoms with E-state index in [9.17, 15) is 4.79 Å². The van der Waals surface area contributed by atoms with Gasteiger partial charge < -0.3 is 4.90 Å². The summed E-state index contributed by atoms with van der Waals surface area (Å²) in [6, 6.07) is 12.9. The van der Waals surface area contributed by atoms with Gasteiger partial charge in [0.05, 0.1) is 0 Å². The van der Waals surface area contributed by atoms with Gasteiger partial charge in [0, 0.05) is 18.1 Å². The molecule has 0 saturated heterocycles. The Bertz CT molecular complexity index is 604. The molecule has 98 valence electrons. The molecule has 0 unspecified atom stereocenters. The second-order valence-electron chi connectivity index (χ2n) is 4.14. The lowest BCUT2D eigenvalue weighted by Gasteiger charge is -2.17. The molecule has 0 N–H and O–H groups in total. The van der Waals surface area contributed by atoms with Crippen LogP contribution in [0.4, 0.5) is 0 Å². The SMILES string of the molecule is CN(Cc1cccc(Br)c1)C(=O)c1cccc(Cl)n1. The molecule has 0 aliphatic rings. The number of amides is 1. The molecule has 5 heteroatoms. The number of carbonyl (C=O) groups is 1. The van der Waals surface area contributed by atoms with Crippen molar-refractivity contribution < 1.29 is 4.79 Å². The number of nitrogens with zero attached hydrogens (tertiary/aromatic N) is 2. The van der Waals surface area contributed by atoms with Gasteiger partial charge in [-0.1, -0.05) is 45.7 Å². The smallest absolute Gasteiger partial charge is 0.272 e. The van der Waals surface area contributed by atoms with Crippen molar-refractivity contribution in [2.75, 3.05) is 7.05 Å². The lowest BCUT2D eigenvalue weighted by molar-refractivity contribution is 0.0779. The Hall–Kier alpha value is -1.39. The topological polar surface area (TPSA) is 33.2 Å². The number of benzene rings is 1. The number of halogens is 2. The number of pyridine rings is 1. The predicted octanol–water partition coefficient (Wildman–Crippen LogP) is 3.77. The fourth-order valence-corrected chi connectivity index (χ4v) is 2.31. The highest BCUT2D eigenvalue weighted by molar-refractivity contribution is 9.10. The molecule has 0 saturated carbocycles. The third kappa shape index (κ3) is 3.78. The number of carbonyl (C=O) groups excluding carboxylic acids is 1. The summed E-state index contributed by atoms with van der Waals surface area (Å²) in [6.45, 7) is 0.520. The Morgan fingerprint density at radius 2 is 2.05 bits per heavy atom. The Kier molecular flexibility index (Phi) is 4.56. The molecule has 1 aromatic heterocycles. The number of aromatic nitrogens is 1. The fourth-order valence-electron chi connectivity index (χ4n) is 1.70. The minimum Gasteiger partial charge on any atom is -0.336 e. The summed E-state index contributed by atoms with van der Waals surface area (Å²) in [4.78, 5) is 17.8. The zero-order valence-electron chi connectivity index (χ0n) is 10.3. The molecule has 0 bridgehead atoms. The van der Waals surface area contributed by atoms with Crippen molar-refractivity contribution in [1.29, 1.82) is 0 Å². The van der Waals surface area contributed by atoms with Crippen molar-refractivity contribution in [3.05, 3.63) is 63.3 Å². The van der Waals surface area contributed by atoms with Gasteiger partial charge in [-0.15, -0.1) is 0 Å². The molecule has 1 heterocycles. The Morgan fingerprint density at radius 1 is 1.32 bits per heavy atom. The van der Waals surface area contributed by atoms with Gasteiger partial charge in [-0.3, -0.25) is 4.79 Å². The van der Waals surface area contributed by atoms with E-state index < -0.39 is 0 Å². The van der Waals surface area contributed by atoms with E-state index in [-0.39, 0.29) is 5.91 Å². The highest BCUT2D eigenvalue weighted by Crippen LogP contribution is 2.14. The molecule has 0 spiro atoms. The van der Waals surface area contributed by atoms with Gasteiger partial charge in [-0.2, -0.15) is 0 Å². The third-order valence-electron chi connectivity index (χ3n) is 2.59. The van der Waals surface area contributed by atoms with Crippen LogP contribution in [0.25, 0.3) is 0 Å². The van der Waals surface area contributed by atoms with Crippen LogP contribution >= 0.6 is 27.5 Å². The fraction of sp³-hybridized carbons (Fsp3) is 0.143. The number of hydrogen-bond donors (Lipinski definition) is 0. The Morgan fingerprint density at radius 3 is 2.74 bits per heavy atom. The van der Waals surface area contributed by atoms with Crippen LogP contribution in [0.15, 0.2) is 46.9 Å². The zero-order chi connectivity index (χ0) is 13.8. The zero-order valence-corrected chi connectivity index (χ0v) is 12.6. The summed E-state index contributed by atoms with van der Waals surface area (Å²) in [5, 5.41) is 0.321. The van der Waals surface area contributed by atoms with E-state index in [1.807, 2.05) is 24.3 Å².